The van der Waals surface area contributed by atoms with Crippen LogP contribution in [0, 0.1) is 0 Å². The van der Waals surface area contributed by atoms with Gasteiger partial charge in [0.25, 0.3) is 11.8 Å². The van der Waals surface area contributed by atoms with E-state index in [0.717, 1.165) is 5.56 Å². The van der Waals surface area contributed by atoms with Crippen LogP contribution in [0.1, 0.15) is 15.9 Å². The predicted octanol–water partition coefficient (Wildman–Crippen LogP) is 1.36. The Morgan fingerprint density at radius 2 is 1.76 bits per heavy atom. The number of rotatable bonds is 8. The van der Waals surface area contributed by atoms with Crippen LogP contribution < -0.4 is 16.0 Å². The summed E-state index contributed by atoms with van der Waals surface area (Å²) in [6.07, 6.45) is 2.91. The number of hydrogen-bond donors (Lipinski definition) is 3. The summed E-state index contributed by atoms with van der Waals surface area (Å²) < 4.78 is 4.82. The molecule has 0 fully saturated rings. The minimum atomic E-state index is -0.749. The molecule has 0 aromatic heterocycles. The average molecular weight is 395 g/mol. The van der Waals surface area contributed by atoms with E-state index in [1.165, 1.54) is 19.2 Å². The Hall–Kier alpha value is -3.94. The minimum Gasteiger partial charge on any atom is -0.454 e. The lowest BCUT2D eigenvalue weighted by molar-refractivity contribution is -0.146. The molecular weight excluding hydrogens is 374 g/mol. The van der Waals surface area contributed by atoms with Gasteiger partial charge in [-0.3, -0.25) is 19.2 Å². The molecule has 0 unspecified atom stereocenters. The Kier molecular flexibility index (Phi) is 8.12. The number of carbonyl (C=O) groups is 4. The second kappa shape index (κ2) is 11.0. The van der Waals surface area contributed by atoms with Gasteiger partial charge in [-0.25, -0.2) is 0 Å². The second-order valence-electron chi connectivity index (χ2n) is 5.83. The van der Waals surface area contributed by atoms with E-state index in [1.807, 2.05) is 30.3 Å². The van der Waals surface area contributed by atoms with Crippen molar-refractivity contribution in [2.24, 2.45) is 0 Å². The number of anilines is 1. The fourth-order valence-corrected chi connectivity index (χ4v) is 2.23. The van der Waals surface area contributed by atoms with E-state index in [2.05, 4.69) is 16.0 Å². The van der Waals surface area contributed by atoms with Gasteiger partial charge in [0.2, 0.25) is 5.91 Å². The topological polar surface area (TPSA) is 114 Å². The van der Waals surface area contributed by atoms with Gasteiger partial charge in [0, 0.05) is 24.4 Å². The third-order valence-corrected chi connectivity index (χ3v) is 3.63. The van der Waals surface area contributed by atoms with Crippen molar-refractivity contribution in [3.05, 3.63) is 71.8 Å². The number of benzene rings is 2. The third kappa shape index (κ3) is 7.67. The van der Waals surface area contributed by atoms with Crippen molar-refractivity contribution in [1.29, 1.82) is 0 Å². The maximum absolute atomic E-state index is 11.9. The molecule has 0 aliphatic heterocycles. The summed E-state index contributed by atoms with van der Waals surface area (Å²) in [5.74, 6) is -2.06. The van der Waals surface area contributed by atoms with Gasteiger partial charge in [-0.2, -0.15) is 0 Å². The highest BCUT2D eigenvalue weighted by Crippen LogP contribution is 2.10. The van der Waals surface area contributed by atoms with E-state index in [0.29, 0.717) is 11.3 Å². The first-order valence-corrected chi connectivity index (χ1v) is 8.76. The molecule has 8 heteroatoms. The van der Waals surface area contributed by atoms with Crippen molar-refractivity contribution in [2.75, 3.05) is 25.5 Å². The summed E-state index contributed by atoms with van der Waals surface area (Å²) in [6, 6.07) is 15.5. The molecule has 0 saturated heterocycles. The SMILES string of the molecule is CNC(=O)c1cccc(NC(=O)COC(=O)CNC(=O)/C=C/c2ccccc2)c1. The molecule has 0 spiro atoms. The van der Waals surface area contributed by atoms with E-state index < -0.39 is 24.4 Å². The molecule has 0 heterocycles. The standard InChI is InChI=1S/C21H21N3O5/c1-22-21(28)16-8-5-9-17(12-16)24-19(26)14-29-20(27)13-23-18(25)11-10-15-6-3-2-4-7-15/h2-12H,13-14H2,1H3,(H,22,28)(H,23,25)(H,24,26)/b11-10+. The van der Waals surface area contributed by atoms with Crippen molar-refractivity contribution < 1.29 is 23.9 Å². The molecule has 0 atom stereocenters. The van der Waals surface area contributed by atoms with Crippen molar-refractivity contribution in [2.45, 2.75) is 0 Å². The van der Waals surface area contributed by atoms with E-state index in [-0.39, 0.29) is 12.5 Å². The van der Waals surface area contributed by atoms with Crippen molar-refractivity contribution in [1.82, 2.24) is 10.6 Å². The maximum atomic E-state index is 11.9. The molecule has 0 aliphatic rings. The molecule has 3 N–H and O–H groups in total. The van der Waals surface area contributed by atoms with Gasteiger partial charge in [0.05, 0.1) is 0 Å². The van der Waals surface area contributed by atoms with Crippen LogP contribution in [0.2, 0.25) is 0 Å². The van der Waals surface area contributed by atoms with Crippen LogP contribution >= 0.6 is 0 Å². The van der Waals surface area contributed by atoms with Gasteiger partial charge in [-0.15, -0.1) is 0 Å². The molecule has 8 nitrogen and oxygen atoms in total. The number of carbonyl (C=O) groups excluding carboxylic acids is 4. The van der Waals surface area contributed by atoms with Crippen LogP contribution in [-0.2, 0) is 19.1 Å². The number of ether oxygens (including phenoxy) is 1. The molecule has 150 valence electrons. The normalized spacial score (nSPS) is 10.2. The van der Waals surface area contributed by atoms with E-state index in [9.17, 15) is 19.2 Å². The van der Waals surface area contributed by atoms with Gasteiger partial charge in [0.15, 0.2) is 6.61 Å². The molecule has 29 heavy (non-hydrogen) atoms. The maximum Gasteiger partial charge on any atom is 0.325 e. The number of amides is 3. The van der Waals surface area contributed by atoms with Crippen LogP contribution in [-0.4, -0.2) is 43.9 Å². The lowest BCUT2D eigenvalue weighted by atomic mass is 10.2. The highest BCUT2D eigenvalue weighted by molar-refractivity contribution is 5.98. The molecule has 0 bridgehead atoms. The smallest absolute Gasteiger partial charge is 0.325 e. The largest absolute Gasteiger partial charge is 0.454 e. The van der Waals surface area contributed by atoms with Crippen LogP contribution in [0.15, 0.2) is 60.7 Å². The summed E-state index contributed by atoms with van der Waals surface area (Å²) in [6.45, 7) is -0.879. The van der Waals surface area contributed by atoms with Crippen LogP contribution in [0.3, 0.4) is 0 Å². The Labute approximate surface area is 167 Å². The van der Waals surface area contributed by atoms with Gasteiger partial charge in [-0.05, 0) is 29.8 Å². The van der Waals surface area contributed by atoms with Gasteiger partial charge in [-0.1, -0.05) is 36.4 Å². The van der Waals surface area contributed by atoms with Crippen molar-refractivity contribution in [3.63, 3.8) is 0 Å². The molecule has 0 aliphatic carbocycles. The molecule has 2 aromatic carbocycles. The zero-order valence-electron chi connectivity index (χ0n) is 15.8. The number of hydrogen-bond acceptors (Lipinski definition) is 5. The zero-order chi connectivity index (χ0) is 21.1. The lowest BCUT2D eigenvalue weighted by Crippen LogP contribution is -2.31. The van der Waals surface area contributed by atoms with Crippen LogP contribution in [0.25, 0.3) is 6.08 Å². The predicted molar refractivity (Wildman–Crippen MR) is 108 cm³/mol. The lowest BCUT2D eigenvalue weighted by Gasteiger charge is -2.08. The molecule has 0 radical (unpaired) electrons. The Bertz CT molecular complexity index is 910. The summed E-state index contributed by atoms with van der Waals surface area (Å²) in [5, 5.41) is 7.38. The average Bonchev–Trinajstić information content (AvgIpc) is 2.75. The molecule has 3 amide bonds. The Morgan fingerprint density at radius 1 is 1.00 bits per heavy atom. The summed E-state index contributed by atoms with van der Waals surface area (Å²) >= 11 is 0. The molecule has 2 rings (SSSR count). The van der Waals surface area contributed by atoms with E-state index in [1.54, 1.807) is 24.3 Å². The second-order valence-corrected chi connectivity index (χ2v) is 5.83. The van der Waals surface area contributed by atoms with Crippen LogP contribution in [0.5, 0.6) is 0 Å². The minimum absolute atomic E-state index is 0.287. The first kappa shape index (κ1) is 21.4. The summed E-state index contributed by atoms with van der Waals surface area (Å²) in [4.78, 5) is 46.8. The van der Waals surface area contributed by atoms with Crippen molar-refractivity contribution in [3.8, 4) is 0 Å². The summed E-state index contributed by atoms with van der Waals surface area (Å²) in [7, 11) is 1.50. The van der Waals surface area contributed by atoms with E-state index in [4.69, 9.17) is 4.74 Å². The first-order chi connectivity index (χ1) is 14.0. The van der Waals surface area contributed by atoms with E-state index >= 15 is 0 Å². The molecular formula is C21H21N3O5. The Balaban J connectivity index is 1.72. The third-order valence-electron chi connectivity index (χ3n) is 3.63. The van der Waals surface area contributed by atoms with Gasteiger partial charge >= 0.3 is 5.97 Å². The number of esters is 1. The highest BCUT2D eigenvalue weighted by Gasteiger charge is 2.10. The molecule has 2 aromatic rings. The quantitative estimate of drug-likeness (QED) is 0.461. The van der Waals surface area contributed by atoms with Crippen LogP contribution in [0.4, 0.5) is 5.69 Å². The Morgan fingerprint density at radius 3 is 2.48 bits per heavy atom. The van der Waals surface area contributed by atoms with Crippen molar-refractivity contribution >= 4 is 35.5 Å². The summed E-state index contributed by atoms with van der Waals surface area (Å²) in [5.41, 5.74) is 1.63. The fraction of sp³-hybridized carbons (Fsp3) is 0.143. The zero-order valence-corrected chi connectivity index (χ0v) is 15.8. The van der Waals surface area contributed by atoms with Gasteiger partial charge < -0.3 is 20.7 Å². The monoisotopic (exact) mass is 395 g/mol. The van der Waals surface area contributed by atoms with Gasteiger partial charge in [0.1, 0.15) is 6.54 Å². The fourth-order valence-electron chi connectivity index (χ4n) is 2.23. The first-order valence-electron chi connectivity index (χ1n) is 8.76. The highest BCUT2D eigenvalue weighted by atomic mass is 16.5. The number of nitrogens with one attached hydrogen (secondary N) is 3. The molecule has 0 saturated carbocycles.